The number of hydrogen-bond donors (Lipinski definition) is 2. The van der Waals surface area contributed by atoms with Crippen molar-refractivity contribution in [2.45, 2.75) is 77.7 Å². The average molecular weight is 322 g/mol. The van der Waals surface area contributed by atoms with Crippen molar-refractivity contribution in [2.24, 2.45) is 5.92 Å². The summed E-state index contributed by atoms with van der Waals surface area (Å²) in [6.45, 7) is 9.54. The van der Waals surface area contributed by atoms with Crippen LogP contribution in [0.4, 0.5) is 0 Å². The number of unbranched alkanes of at least 4 members (excludes halogenated alkanes) is 2. The first-order valence-electron chi connectivity index (χ1n) is 9.64. The maximum absolute atomic E-state index is 13.2. The number of allylic oxidation sites excluding steroid dienone is 1. The van der Waals surface area contributed by atoms with Gasteiger partial charge in [0.05, 0.1) is 0 Å². The van der Waals surface area contributed by atoms with Gasteiger partial charge in [0.15, 0.2) is 0 Å². The van der Waals surface area contributed by atoms with Crippen LogP contribution in [0, 0.1) is 5.92 Å². The molecule has 2 heterocycles. The first kappa shape index (κ1) is 18.3. The molecular weight excluding hydrogens is 286 g/mol. The van der Waals surface area contributed by atoms with Crippen molar-refractivity contribution in [3.05, 3.63) is 11.9 Å². The van der Waals surface area contributed by atoms with Gasteiger partial charge in [0.1, 0.15) is 11.4 Å². The van der Waals surface area contributed by atoms with Crippen molar-refractivity contribution in [2.75, 3.05) is 19.6 Å². The molecule has 0 saturated carbocycles. The van der Waals surface area contributed by atoms with E-state index in [9.17, 15) is 4.79 Å². The largest absolute Gasteiger partial charge is 0.358 e. The SMILES string of the molecule is C/C=C1\NC(CCCC)(CCCC)C(=O)N1CCC1CCNC1. The molecule has 0 bridgehead atoms. The molecule has 2 saturated heterocycles. The normalized spacial score (nSPS) is 25.3. The topological polar surface area (TPSA) is 44.4 Å². The molecule has 0 aliphatic carbocycles. The van der Waals surface area contributed by atoms with Crippen LogP contribution in [0.3, 0.4) is 0 Å². The number of carbonyl (C=O) groups is 1. The van der Waals surface area contributed by atoms with E-state index >= 15 is 0 Å². The molecule has 23 heavy (non-hydrogen) atoms. The van der Waals surface area contributed by atoms with Crippen molar-refractivity contribution in [1.82, 2.24) is 15.5 Å². The van der Waals surface area contributed by atoms with E-state index in [-0.39, 0.29) is 5.54 Å². The van der Waals surface area contributed by atoms with Crippen molar-refractivity contribution in [3.63, 3.8) is 0 Å². The third-order valence-electron chi connectivity index (χ3n) is 5.42. The number of nitrogens with one attached hydrogen (secondary N) is 2. The Kier molecular flexibility index (Phi) is 6.94. The molecule has 4 nitrogen and oxygen atoms in total. The molecule has 0 aromatic heterocycles. The van der Waals surface area contributed by atoms with Gasteiger partial charge >= 0.3 is 0 Å². The minimum absolute atomic E-state index is 0.318. The monoisotopic (exact) mass is 321 g/mol. The number of hydrogen-bond acceptors (Lipinski definition) is 3. The van der Waals surface area contributed by atoms with E-state index in [1.54, 1.807) is 0 Å². The van der Waals surface area contributed by atoms with Gasteiger partial charge in [-0.1, -0.05) is 39.5 Å². The van der Waals surface area contributed by atoms with Crippen LogP contribution >= 0.6 is 0 Å². The van der Waals surface area contributed by atoms with Crippen LogP contribution < -0.4 is 10.6 Å². The van der Waals surface area contributed by atoms with Crippen LogP contribution in [0.25, 0.3) is 0 Å². The number of rotatable bonds is 9. The maximum Gasteiger partial charge on any atom is 0.253 e. The lowest BCUT2D eigenvalue weighted by Crippen LogP contribution is -2.46. The van der Waals surface area contributed by atoms with Crippen LogP contribution in [0.1, 0.15) is 72.1 Å². The van der Waals surface area contributed by atoms with E-state index in [0.717, 1.165) is 76.3 Å². The Bertz CT molecular complexity index is 405. The predicted octanol–water partition coefficient (Wildman–Crippen LogP) is 3.40. The van der Waals surface area contributed by atoms with E-state index in [4.69, 9.17) is 0 Å². The van der Waals surface area contributed by atoms with E-state index < -0.39 is 0 Å². The quantitative estimate of drug-likeness (QED) is 0.684. The van der Waals surface area contributed by atoms with Crippen LogP contribution in [0.5, 0.6) is 0 Å². The highest BCUT2D eigenvalue weighted by Crippen LogP contribution is 2.33. The van der Waals surface area contributed by atoms with Gasteiger partial charge in [0, 0.05) is 6.54 Å². The molecule has 0 spiro atoms. The van der Waals surface area contributed by atoms with Crippen molar-refractivity contribution < 1.29 is 4.79 Å². The van der Waals surface area contributed by atoms with Gasteiger partial charge in [0.2, 0.25) is 0 Å². The smallest absolute Gasteiger partial charge is 0.253 e. The molecule has 4 heteroatoms. The second kappa shape index (κ2) is 8.72. The first-order valence-corrected chi connectivity index (χ1v) is 9.64. The van der Waals surface area contributed by atoms with Gasteiger partial charge in [-0.2, -0.15) is 0 Å². The molecular formula is C19H35N3O. The fraction of sp³-hybridized carbons (Fsp3) is 0.842. The predicted molar refractivity (Wildman–Crippen MR) is 96.0 cm³/mol. The summed E-state index contributed by atoms with van der Waals surface area (Å²) in [5.74, 6) is 2.08. The third-order valence-corrected chi connectivity index (χ3v) is 5.42. The minimum atomic E-state index is -0.345. The van der Waals surface area contributed by atoms with Gasteiger partial charge in [-0.25, -0.2) is 0 Å². The van der Waals surface area contributed by atoms with Crippen molar-refractivity contribution >= 4 is 5.91 Å². The maximum atomic E-state index is 13.2. The fourth-order valence-corrected chi connectivity index (χ4v) is 3.88. The standard InChI is InChI=1S/C19H35N3O/c1-4-7-11-19(12-8-5-2)18(23)22(17(6-3)21-19)14-10-16-9-13-20-15-16/h6,16,20-21H,4-5,7-15H2,1-3H3/b17-6+. The van der Waals surface area contributed by atoms with Crippen LogP contribution in [-0.4, -0.2) is 36.0 Å². The average Bonchev–Trinajstić information content (AvgIpc) is 3.17. The highest BCUT2D eigenvalue weighted by Gasteiger charge is 2.47. The number of carbonyl (C=O) groups excluding carboxylic acids is 1. The summed E-state index contributed by atoms with van der Waals surface area (Å²) in [5.41, 5.74) is -0.345. The Morgan fingerprint density at radius 3 is 2.48 bits per heavy atom. The lowest BCUT2D eigenvalue weighted by molar-refractivity contribution is -0.132. The van der Waals surface area contributed by atoms with Crippen LogP contribution in [0.2, 0.25) is 0 Å². The highest BCUT2D eigenvalue weighted by atomic mass is 16.2. The lowest BCUT2D eigenvalue weighted by Gasteiger charge is -2.27. The first-order chi connectivity index (χ1) is 11.2. The summed E-state index contributed by atoms with van der Waals surface area (Å²) in [6, 6.07) is 0. The van der Waals surface area contributed by atoms with Crippen molar-refractivity contribution in [1.29, 1.82) is 0 Å². The van der Waals surface area contributed by atoms with E-state index in [1.165, 1.54) is 6.42 Å². The molecule has 2 fully saturated rings. The Labute approximate surface area is 142 Å². The summed E-state index contributed by atoms with van der Waals surface area (Å²) in [5, 5.41) is 7.04. The molecule has 132 valence electrons. The molecule has 1 atom stereocenters. The Morgan fingerprint density at radius 2 is 1.96 bits per heavy atom. The molecule has 1 amide bonds. The Hall–Kier alpha value is -1.03. The Balaban J connectivity index is 2.06. The lowest BCUT2D eigenvalue weighted by atomic mass is 9.87. The van der Waals surface area contributed by atoms with Gasteiger partial charge in [0.25, 0.3) is 5.91 Å². The number of nitrogens with zero attached hydrogens (tertiary/aromatic N) is 1. The minimum Gasteiger partial charge on any atom is -0.358 e. The van der Waals surface area contributed by atoms with Gasteiger partial charge in [-0.3, -0.25) is 9.69 Å². The van der Waals surface area contributed by atoms with Crippen LogP contribution in [-0.2, 0) is 4.79 Å². The molecule has 0 aromatic rings. The molecule has 2 aliphatic heterocycles. The molecule has 1 unspecified atom stereocenters. The van der Waals surface area contributed by atoms with Gasteiger partial charge < -0.3 is 10.6 Å². The number of amides is 1. The van der Waals surface area contributed by atoms with Gasteiger partial charge in [-0.05, 0) is 57.7 Å². The van der Waals surface area contributed by atoms with Gasteiger partial charge in [-0.15, -0.1) is 0 Å². The molecule has 2 rings (SSSR count). The second-order valence-electron chi connectivity index (χ2n) is 7.19. The van der Waals surface area contributed by atoms with E-state index in [0.29, 0.717) is 5.91 Å². The molecule has 2 aliphatic rings. The third kappa shape index (κ3) is 4.28. The molecule has 0 radical (unpaired) electrons. The van der Waals surface area contributed by atoms with E-state index in [2.05, 4.69) is 30.6 Å². The summed E-state index contributed by atoms with van der Waals surface area (Å²) in [7, 11) is 0. The zero-order valence-corrected chi connectivity index (χ0v) is 15.3. The van der Waals surface area contributed by atoms with E-state index in [1.807, 2.05) is 11.8 Å². The summed E-state index contributed by atoms with van der Waals surface area (Å²) in [6.07, 6.45) is 10.8. The van der Waals surface area contributed by atoms with Crippen molar-refractivity contribution in [3.8, 4) is 0 Å². The fourth-order valence-electron chi connectivity index (χ4n) is 3.88. The summed E-state index contributed by atoms with van der Waals surface area (Å²) >= 11 is 0. The summed E-state index contributed by atoms with van der Waals surface area (Å²) < 4.78 is 0. The summed E-state index contributed by atoms with van der Waals surface area (Å²) in [4.78, 5) is 15.3. The molecule has 2 N–H and O–H groups in total. The second-order valence-corrected chi connectivity index (χ2v) is 7.19. The zero-order valence-electron chi connectivity index (χ0n) is 15.3. The van der Waals surface area contributed by atoms with Crippen LogP contribution in [0.15, 0.2) is 11.9 Å². The highest BCUT2D eigenvalue weighted by molar-refractivity contribution is 5.90. The molecule has 0 aromatic carbocycles. The Morgan fingerprint density at radius 1 is 1.26 bits per heavy atom. The zero-order chi connectivity index (χ0) is 16.7.